The molecule has 1 N–H and O–H groups in total. The minimum absolute atomic E-state index is 0.0112. The van der Waals surface area contributed by atoms with Gasteiger partial charge in [0, 0.05) is 18.7 Å². The van der Waals surface area contributed by atoms with Gasteiger partial charge in [0.05, 0.1) is 4.92 Å². The lowest BCUT2D eigenvalue weighted by Crippen LogP contribution is -1.98. The molecule has 0 saturated carbocycles. The maximum atomic E-state index is 10.7. The lowest BCUT2D eigenvalue weighted by atomic mass is 10.1. The molecule has 0 fully saturated rings. The van der Waals surface area contributed by atoms with Gasteiger partial charge in [-0.05, 0) is 5.56 Å². The molecule has 0 aliphatic carbocycles. The molecule has 17 heavy (non-hydrogen) atoms. The number of nitrogens with one attached hydrogen (secondary N) is 1. The van der Waals surface area contributed by atoms with Crippen LogP contribution in [-0.2, 0) is 0 Å². The van der Waals surface area contributed by atoms with Crippen LogP contribution >= 0.6 is 0 Å². The van der Waals surface area contributed by atoms with Crippen molar-refractivity contribution in [2.45, 2.75) is 0 Å². The standard InChI is InChI=1S/C12H11N3O2/c1-13-12-11(9-5-3-2-4-6-9)7-10(8-14-12)15(16)17/h2-8H,1H3,(H,13,14). The number of anilines is 1. The summed E-state index contributed by atoms with van der Waals surface area (Å²) >= 11 is 0. The van der Waals surface area contributed by atoms with E-state index in [4.69, 9.17) is 0 Å². The van der Waals surface area contributed by atoms with Crippen molar-refractivity contribution in [2.75, 3.05) is 12.4 Å². The fraction of sp³-hybridized carbons (Fsp3) is 0.0833. The highest BCUT2D eigenvalue weighted by Gasteiger charge is 2.12. The highest BCUT2D eigenvalue weighted by atomic mass is 16.6. The second-order valence-corrected chi connectivity index (χ2v) is 3.46. The SMILES string of the molecule is CNc1ncc([N+](=O)[O-])cc1-c1ccccc1. The van der Waals surface area contributed by atoms with E-state index in [0.717, 1.165) is 11.1 Å². The van der Waals surface area contributed by atoms with E-state index in [2.05, 4.69) is 10.3 Å². The first-order chi connectivity index (χ1) is 8.22. The molecule has 1 aromatic heterocycles. The third-order valence-corrected chi connectivity index (χ3v) is 2.41. The first kappa shape index (κ1) is 11.1. The van der Waals surface area contributed by atoms with E-state index in [-0.39, 0.29) is 5.69 Å². The van der Waals surface area contributed by atoms with Crippen LogP contribution < -0.4 is 5.32 Å². The van der Waals surface area contributed by atoms with Crippen LogP contribution in [0.15, 0.2) is 42.6 Å². The van der Waals surface area contributed by atoms with Crippen molar-refractivity contribution in [3.63, 3.8) is 0 Å². The molecular weight excluding hydrogens is 218 g/mol. The van der Waals surface area contributed by atoms with Crippen molar-refractivity contribution in [2.24, 2.45) is 0 Å². The van der Waals surface area contributed by atoms with Gasteiger partial charge in [0.2, 0.25) is 0 Å². The molecule has 0 amide bonds. The molecule has 0 unspecified atom stereocenters. The average Bonchev–Trinajstić information content (AvgIpc) is 2.39. The molecule has 2 rings (SSSR count). The van der Waals surface area contributed by atoms with Crippen LogP contribution in [0.2, 0.25) is 0 Å². The molecule has 5 heteroatoms. The number of pyridine rings is 1. The molecule has 86 valence electrons. The summed E-state index contributed by atoms with van der Waals surface area (Å²) in [5.41, 5.74) is 1.61. The molecule has 1 heterocycles. The molecule has 2 aromatic rings. The maximum absolute atomic E-state index is 10.7. The Morgan fingerprint density at radius 2 is 2.00 bits per heavy atom. The number of aromatic nitrogens is 1. The van der Waals surface area contributed by atoms with Crippen molar-refractivity contribution < 1.29 is 4.92 Å². The fourth-order valence-corrected chi connectivity index (χ4v) is 1.59. The zero-order valence-electron chi connectivity index (χ0n) is 9.25. The lowest BCUT2D eigenvalue weighted by molar-refractivity contribution is -0.385. The number of rotatable bonds is 3. The van der Waals surface area contributed by atoms with Gasteiger partial charge in [0.15, 0.2) is 0 Å². The summed E-state index contributed by atoms with van der Waals surface area (Å²) in [4.78, 5) is 14.3. The van der Waals surface area contributed by atoms with Crippen LogP contribution in [0.25, 0.3) is 11.1 Å². The Kier molecular flexibility index (Phi) is 3.00. The number of hydrogen-bond acceptors (Lipinski definition) is 4. The lowest BCUT2D eigenvalue weighted by Gasteiger charge is -2.07. The Labute approximate surface area is 98.3 Å². The highest BCUT2D eigenvalue weighted by Crippen LogP contribution is 2.28. The highest BCUT2D eigenvalue weighted by molar-refractivity contribution is 5.76. The number of nitrogens with zero attached hydrogens (tertiary/aromatic N) is 2. The third-order valence-electron chi connectivity index (χ3n) is 2.41. The van der Waals surface area contributed by atoms with Gasteiger partial charge in [-0.25, -0.2) is 4.98 Å². The number of nitro groups is 1. The molecule has 0 aliphatic rings. The molecule has 5 nitrogen and oxygen atoms in total. The van der Waals surface area contributed by atoms with Crippen LogP contribution in [0, 0.1) is 10.1 Å². The van der Waals surface area contributed by atoms with Crippen molar-refractivity contribution >= 4 is 11.5 Å². The monoisotopic (exact) mass is 229 g/mol. The van der Waals surface area contributed by atoms with Gasteiger partial charge in [-0.15, -0.1) is 0 Å². The Bertz CT molecular complexity index is 541. The van der Waals surface area contributed by atoms with Gasteiger partial charge < -0.3 is 5.32 Å². The first-order valence-electron chi connectivity index (χ1n) is 5.10. The van der Waals surface area contributed by atoms with E-state index < -0.39 is 4.92 Å². The van der Waals surface area contributed by atoms with Gasteiger partial charge in [0.25, 0.3) is 5.69 Å². The minimum Gasteiger partial charge on any atom is -0.373 e. The Morgan fingerprint density at radius 3 is 2.59 bits per heavy atom. The smallest absolute Gasteiger partial charge is 0.288 e. The maximum Gasteiger partial charge on any atom is 0.288 e. The van der Waals surface area contributed by atoms with Crippen molar-refractivity contribution in [1.82, 2.24) is 4.98 Å². The topological polar surface area (TPSA) is 68.1 Å². The Morgan fingerprint density at radius 1 is 1.29 bits per heavy atom. The van der Waals surface area contributed by atoms with E-state index in [9.17, 15) is 10.1 Å². The second-order valence-electron chi connectivity index (χ2n) is 3.46. The molecule has 0 atom stereocenters. The van der Waals surface area contributed by atoms with Gasteiger partial charge in [-0.3, -0.25) is 10.1 Å². The second kappa shape index (κ2) is 4.61. The number of hydrogen-bond donors (Lipinski definition) is 1. The quantitative estimate of drug-likeness (QED) is 0.649. The van der Waals surface area contributed by atoms with E-state index in [1.165, 1.54) is 12.3 Å². The van der Waals surface area contributed by atoms with Crippen LogP contribution in [-0.4, -0.2) is 17.0 Å². The molecule has 0 bridgehead atoms. The molecule has 0 aliphatic heterocycles. The van der Waals surface area contributed by atoms with Crippen LogP contribution in [0.5, 0.6) is 0 Å². The summed E-state index contributed by atoms with van der Waals surface area (Å²) in [6.07, 6.45) is 1.25. The van der Waals surface area contributed by atoms with Gasteiger partial charge in [-0.1, -0.05) is 30.3 Å². The largest absolute Gasteiger partial charge is 0.373 e. The first-order valence-corrected chi connectivity index (χ1v) is 5.10. The van der Waals surface area contributed by atoms with E-state index in [0.29, 0.717) is 5.82 Å². The van der Waals surface area contributed by atoms with E-state index in [1.54, 1.807) is 7.05 Å². The zero-order chi connectivity index (χ0) is 12.3. The summed E-state index contributed by atoms with van der Waals surface area (Å²) in [7, 11) is 1.74. The Balaban J connectivity index is 2.58. The van der Waals surface area contributed by atoms with Gasteiger partial charge >= 0.3 is 0 Å². The summed E-state index contributed by atoms with van der Waals surface area (Å²) in [5, 5.41) is 13.7. The van der Waals surface area contributed by atoms with Crippen LogP contribution in [0.1, 0.15) is 0 Å². The van der Waals surface area contributed by atoms with Gasteiger partial charge in [-0.2, -0.15) is 0 Å². The molecule has 1 aromatic carbocycles. The van der Waals surface area contributed by atoms with Gasteiger partial charge in [0.1, 0.15) is 12.0 Å². The minimum atomic E-state index is -0.446. The van der Waals surface area contributed by atoms with Crippen LogP contribution in [0.3, 0.4) is 0 Å². The predicted octanol–water partition coefficient (Wildman–Crippen LogP) is 2.70. The predicted molar refractivity (Wildman–Crippen MR) is 65.9 cm³/mol. The Hall–Kier alpha value is -2.43. The fourth-order valence-electron chi connectivity index (χ4n) is 1.59. The summed E-state index contributed by atoms with van der Waals surface area (Å²) in [6, 6.07) is 11.0. The molecule has 0 radical (unpaired) electrons. The van der Waals surface area contributed by atoms with E-state index >= 15 is 0 Å². The number of benzene rings is 1. The summed E-state index contributed by atoms with van der Waals surface area (Å²) in [6.45, 7) is 0. The van der Waals surface area contributed by atoms with Crippen molar-refractivity contribution in [3.05, 3.63) is 52.7 Å². The average molecular weight is 229 g/mol. The zero-order valence-corrected chi connectivity index (χ0v) is 9.25. The molecule has 0 saturated heterocycles. The third kappa shape index (κ3) is 2.23. The van der Waals surface area contributed by atoms with Crippen molar-refractivity contribution in [1.29, 1.82) is 0 Å². The normalized spacial score (nSPS) is 9.94. The van der Waals surface area contributed by atoms with Crippen molar-refractivity contribution in [3.8, 4) is 11.1 Å². The summed E-state index contributed by atoms with van der Waals surface area (Å²) in [5.74, 6) is 0.627. The van der Waals surface area contributed by atoms with E-state index in [1.807, 2.05) is 30.3 Å². The molecule has 0 spiro atoms. The van der Waals surface area contributed by atoms with Crippen LogP contribution in [0.4, 0.5) is 11.5 Å². The molecular formula is C12H11N3O2. The summed E-state index contributed by atoms with van der Waals surface area (Å²) < 4.78 is 0.